The van der Waals surface area contributed by atoms with Crippen LogP contribution in [-0.2, 0) is 84.4 Å². The lowest BCUT2D eigenvalue weighted by Crippen LogP contribution is -2.31. The lowest BCUT2D eigenvalue weighted by Gasteiger charge is -2.28. The molecule has 4 saturated carbocycles. The zero-order valence-electron chi connectivity index (χ0n) is 36.0. The first kappa shape index (κ1) is 53.6. The normalized spacial score (nSPS) is 23.8. The standard InChI is InChI=1S/C37H70O18P2S4/c1-31(59(42,43)53-35-22-12-7-13-23-35)49-56(38,48-30-58(40,41)52-34-20-10-6-11-21-34)28-18-4-5-19-29-57(39,50-32(2)60(44,45)54-36-24-14-8-15-25-36)51-33(3)61(46,47)55-37-26-16-9-17-27-37/h31-37H,4-30H2,1-3H3. The highest BCUT2D eigenvalue weighted by Gasteiger charge is 2.41. The van der Waals surface area contributed by atoms with Crippen molar-refractivity contribution in [2.24, 2.45) is 0 Å². The maximum atomic E-state index is 14.3. The van der Waals surface area contributed by atoms with Crippen LogP contribution < -0.4 is 0 Å². The van der Waals surface area contributed by atoms with E-state index < -0.39 is 115 Å². The minimum absolute atomic E-state index is 0.0550. The average Bonchev–Trinajstić information content (AvgIpc) is 3.19. The Morgan fingerprint density at radius 1 is 0.410 bits per heavy atom. The van der Waals surface area contributed by atoms with Gasteiger partial charge in [-0.3, -0.25) is 44.0 Å². The summed E-state index contributed by atoms with van der Waals surface area (Å²) in [6.45, 7) is 3.43. The van der Waals surface area contributed by atoms with Gasteiger partial charge in [-0.25, -0.2) is 0 Å². The molecule has 360 valence electrons. The van der Waals surface area contributed by atoms with Crippen LogP contribution in [0.25, 0.3) is 0 Å². The van der Waals surface area contributed by atoms with Crippen LogP contribution in [0.4, 0.5) is 0 Å². The number of hydrogen-bond acceptors (Lipinski definition) is 18. The van der Waals surface area contributed by atoms with Gasteiger partial charge in [0.25, 0.3) is 40.5 Å². The van der Waals surface area contributed by atoms with Gasteiger partial charge < -0.3 is 0 Å². The quantitative estimate of drug-likeness (QED) is 0.0424. The van der Waals surface area contributed by atoms with Gasteiger partial charge in [0, 0.05) is 0 Å². The van der Waals surface area contributed by atoms with Crippen LogP contribution in [0.1, 0.15) is 175 Å². The maximum Gasteiger partial charge on any atom is 0.333 e. The summed E-state index contributed by atoms with van der Waals surface area (Å²) in [5.74, 6) is -1.13. The van der Waals surface area contributed by atoms with Gasteiger partial charge in [-0.15, -0.1) is 0 Å². The molecule has 18 nitrogen and oxygen atoms in total. The average molecular weight is 993 g/mol. The number of hydrogen-bond donors (Lipinski definition) is 0. The van der Waals surface area contributed by atoms with E-state index in [1.165, 1.54) is 0 Å². The van der Waals surface area contributed by atoms with Gasteiger partial charge >= 0.3 is 15.2 Å². The Bertz CT molecular complexity index is 1810. The third-order valence-corrected chi connectivity index (χ3v) is 21.5. The second kappa shape index (κ2) is 24.6. The molecular formula is C37H70O18P2S4. The molecule has 0 radical (unpaired) electrons. The highest BCUT2D eigenvalue weighted by Crippen LogP contribution is 2.54. The van der Waals surface area contributed by atoms with Crippen LogP contribution >= 0.6 is 15.2 Å². The van der Waals surface area contributed by atoms with E-state index in [2.05, 4.69) is 0 Å². The Morgan fingerprint density at radius 3 is 1.02 bits per heavy atom. The fraction of sp³-hybridized carbons (Fsp3) is 1.00. The van der Waals surface area contributed by atoms with E-state index >= 15 is 0 Å². The monoisotopic (exact) mass is 992 g/mol. The van der Waals surface area contributed by atoms with Gasteiger partial charge in [-0.1, -0.05) is 89.9 Å². The molecular weight excluding hydrogens is 923 g/mol. The second-order valence-electron chi connectivity index (χ2n) is 16.8. The molecule has 4 aliphatic carbocycles. The minimum Gasteiger partial charge on any atom is -0.290 e. The summed E-state index contributed by atoms with van der Waals surface area (Å²) in [6, 6.07) is 0. The van der Waals surface area contributed by atoms with Crippen molar-refractivity contribution in [2.45, 2.75) is 216 Å². The summed E-state index contributed by atoms with van der Waals surface area (Å²) >= 11 is 0. The molecule has 0 spiro atoms. The van der Waals surface area contributed by atoms with Gasteiger partial charge in [0.05, 0.1) is 36.7 Å². The fourth-order valence-electron chi connectivity index (χ4n) is 7.91. The molecule has 24 heteroatoms. The Hall–Kier alpha value is -0.0600. The highest BCUT2D eigenvalue weighted by molar-refractivity contribution is 7.88. The van der Waals surface area contributed by atoms with Crippen LogP contribution in [-0.4, -0.2) is 92.7 Å². The van der Waals surface area contributed by atoms with Crippen molar-refractivity contribution in [3.05, 3.63) is 0 Å². The van der Waals surface area contributed by atoms with Gasteiger partial charge in [0.15, 0.2) is 22.2 Å². The van der Waals surface area contributed by atoms with Crippen LogP contribution in [0.2, 0.25) is 0 Å². The van der Waals surface area contributed by atoms with Crippen LogP contribution in [0, 0.1) is 0 Å². The molecule has 0 saturated heterocycles. The van der Waals surface area contributed by atoms with E-state index in [0.29, 0.717) is 51.4 Å². The highest BCUT2D eigenvalue weighted by atomic mass is 32.2. The molecule has 0 aromatic rings. The summed E-state index contributed by atoms with van der Waals surface area (Å²) in [5, 5.41) is 0. The van der Waals surface area contributed by atoms with Gasteiger partial charge in [-0.05, 0) is 85.0 Å². The molecule has 4 fully saturated rings. The van der Waals surface area contributed by atoms with Crippen molar-refractivity contribution in [3.63, 3.8) is 0 Å². The van der Waals surface area contributed by atoms with E-state index in [-0.39, 0.29) is 25.7 Å². The van der Waals surface area contributed by atoms with Crippen LogP contribution in [0.3, 0.4) is 0 Å². The Balaban J connectivity index is 1.40. The zero-order valence-corrected chi connectivity index (χ0v) is 41.1. The first-order chi connectivity index (χ1) is 28.6. The summed E-state index contributed by atoms with van der Waals surface area (Å²) < 4.78 is 177. The van der Waals surface area contributed by atoms with Crippen molar-refractivity contribution in [1.82, 2.24) is 0 Å². The van der Waals surface area contributed by atoms with Gasteiger partial charge in [-0.2, -0.15) is 33.7 Å². The van der Waals surface area contributed by atoms with E-state index in [9.17, 15) is 42.8 Å². The second-order valence-corrected chi connectivity index (χ2v) is 28.1. The minimum atomic E-state index is -4.49. The summed E-state index contributed by atoms with van der Waals surface area (Å²) in [4.78, 5) is 0. The van der Waals surface area contributed by atoms with Crippen molar-refractivity contribution in [3.8, 4) is 0 Å². The topological polar surface area (TPSA) is 245 Å². The zero-order chi connectivity index (χ0) is 44.8. The predicted molar refractivity (Wildman–Crippen MR) is 229 cm³/mol. The molecule has 0 N–H and O–H groups in total. The number of unbranched alkanes of at least 4 members (excludes halogenated alkanes) is 3. The third kappa shape index (κ3) is 19.0. The Labute approximate surface area is 365 Å². The molecule has 0 aliphatic heterocycles. The van der Waals surface area contributed by atoms with E-state index in [0.717, 1.165) is 97.8 Å². The molecule has 61 heavy (non-hydrogen) atoms. The lowest BCUT2D eigenvalue weighted by molar-refractivity contribution is 0.125. The fourth-order valence-corrected chi connectivity index (χ4v) is 17.5. The molecule has 4 aliphatic rings. The van der Waals surface area contributed by atoms with Crippen LogP contribution in [0.15, 0.2) is 0 Å². The molecule has 0 aromatic carbocycles. The summed E-state index contributed by atoms with van der Waals surface area (Å²) in [6.07, 6.45) is 12.0. The summed E-state index contributed by atoms with van der Waals surface area (Å²) in [5.41, 5.74) is -5.30. The lowest BCUT2D eigenvalue weighted by atomic mass is 9.98. The maximum absolute atomic E-state index is 14.3. The largest absolute Gasteiger partial charge is 0.333 e. The van der Waals surface area contributed by atoms with Crippen molar-refractivity contribution in [1.29, 1.82) is 0 Å². The van der Waals surface area contributed by atoms with Gasteiger partial charge in [0.2, 0.25) is 0 Å². The first-order valence-electron chi connectivity index (χ1n) is 22.2. The molecule has 0 aromatic heterocycles. The van der Waals surface area contributed by atoms with Crippen molar-refractivity contribution in [2.75, 3.05) is 18.3 Å². The van der Waals surface area contributed by atoms with Crippen molar-refractivity contribution < 1.29 is 77.6 Å². The smallest absolute Gasteiger partial charge is 0.290 e. The van der Waals surface area contributed by atoms with Gasteiger partial charge in [0.1, 0.15) is 0 Å². The molecule has 0 bridgehead atoms. The SMILES string of the molecule is CC(OP(=O)(CCCCCCP(=O)(OC(C)S(=O)(=O)OC1CCCCC1)OC(C)S(=O)(=O)OC1CCCCC1)OCS(=O)(=O)OC1CCCCC1)S(=O)(=O)OC1CCCCC1. The molecule has 4 atom stereocenters. The predicted octanol–water partition coefficient (Wildman–Crippen LogP) is 8.71. The molecule has 0 amide bonds. The summed E-state index contributed by atoms with van der Waals surface area (Å²) in [7, 11) is -26.5. The third-order valence-electron chi connectivity index (χ3n) is 11.5. The molecule has 4 unspecified atom stereocenters. The molecule has 4 rings (SSSR count). The first-order valence-corrected chi connectivity index (χ1v) is 31.6. The van der Waals surface area contributed by atoms with E-state index in [4.69, 9.17) is 34.8 Å². The number of rotatable bonds is 27. The van der Waals surface area contributed by atoms with E-state index in [1.807, 2.05) is 0 Å². The van der Waals surface area contributed by atoms with E-state index in [1.54, 1.807) is 0 Å². The Morgan fingerprint density at radius 2 is 0.689 bits per heavy atom. The van der Waals surface area contributed by atoms with Crippen LogP contribution in [0.5, 0.6) is 0 Å². The van der Waals surface area contributed by atoms with Crippen molar-refractivity contribution >= 4 is 55.7 Å². The molecule has 0 heterocycles. The Kier molecular flexibility index (Phi) is 21.6.